The molecule has 0 bridgehead atoms. The zero-order valence-electron chi connectivity index (χ0n) is 11.5. The van der Waals surface area contributed by atoms with Crippen LogP contribution in [0.3, 0.4) is 0 Å². The van der Waals surface area contributed by atoms with E-state index >= 15 is 0 Å². The Morgan fingerprint density at radius 2 is 2.20 bits per heavy atom. The predicted octanol–water partition coefficient (Wildman–Crippen LogP) is 0.993. The Kier molecular flexibility index (Phi) is 4.78. The molecule has 1 N–H and O–H groups in total. The van der Waals surface area contributed by atoms with Gasteiger partial charge in [-0.15, -0.1) is 10.2 Å². The monoisotopic (exact) mass is 295 g/mol. The van der Waals surface area contributed by atoms with Crippen molar-refractivity contribution in [1.82, 2.24) is 24.3 Å². The summed E-state index contributed by atoms with van der Waals surface area (Å²) < 4.78 is 3.95. The van der Waals surface area contributed by atoms with Gasteiger partial charge in [-0.25, -0.2) is 4.98 Å². The van der Waals surface area contributed by atoms with Gasteiger partial charge < -0.3 is 14.2 Å². The van der Waals surface area contributed by atoms with E-state index in [1.807, 2.05) is 29.3 Å². The number of nitrogens with zero attached hydrogens (tertiary/aromatic N) is 5. The number of carbonyl (C=O) groups is 1. The zero-order valence-corrected chi connectivity index (χ0v) is 12.3. The molecule has 2 aromatic heterocycles. The predicted molar refractivity (Wildman–Crippen MR) is 74.7 cm³/mol. The number of aromatic nitrogens is 5. The van der Waals surface area contributed by atoms with Gasteiger partial charge in [-0.05, 0) is 0 Å². The van der Waals surface area contributed by atoms with Gasteiger partial charge in [-0.2, -0.15) is 0 Å². The number of hydrogen-bond donors (Lipinski definition) is 1. The largest absolute Gasteiger partial charge is 0.481 e. The molecule has 0 radical (unpaired) electrons. The highest BCUT2D eigenvalue weighted by molar-refractivity contribution is 7.99. The topological polar surface area (TPSA) is 85.8 Å². The second-order valence-corrected chi connectivity index (χ2v) is 5.23. The van der Waals surface area contributed by atoms with E-state index in [9.17, 15) is 4.79 Å². The first-order chi connectivity index (χ1) is 9.61. The van der Waals surface area contributed by atoms with Crippen LogP contribution in [0.2, 0.25) is 0 Å². The van der Waals surface area contributed by atoms with Crippen LogP contribution in [0, 0.1) is 0 Å². The van der Waals surface area contributed by atoms with E-state index in [4.69, 9.17) is 5.11 Å². The van der Waals surface area contributed by atoms with Crippen molar-refractivity contribution < 1.29 is 9.90 Å². The lowest BCUT2D eigenvalue weighted by Gasteiger charge is -2.08. The Bertz CT molecular complexity index is 592. The summed E-state index contributed by atoms with van der Waals surface area (Å²) in [5.41, 5.74) is 0. The zero-order chi connectivity index (χ0) is 14.5. The fraction of sp³-hybridized carbons (Fsp3) is 0.500. The Labute approximate surface area is 121 Å². The standard InChI is InChI=1S/C12H17N5O2S/c1-3-9-14-15-12(20-8-11(18)19)17(9)6-4-10-13-5-7-16(10)2/h5,7H,3-4,6,8H2,1-2H3,(H,18,19). The minimum atomic E-state index is -0.855. The molecule has 2 heterocycles. The molecule has 8 heteroatoms. The minimum Gasteiger partial charge on any atom is -0.481 e. The van der Waals surface area contributed by atoms with E-state index in [1.54, 1.807) is 6.20 Å². The highest BCUT2D eigenvalue weighted by Crippen LogP contribution is 2.17. The molecule has 0 saturated heterocycles. The summed E-state index contributed by atoms with van der Waals surface area (Å²) >= 11 is 1.20. The number of carboxylic acids is 1. The second kappa shape index (κ2) is 6.56. The van der Waals surface area contributed by atoms with Crippen LogP contribution in [0.25, 0.3) is 0 Å². The van der Waals surface area contributed by atoms with Gasteiger partial charge in [0.05, 0.1) is 5.75 Å². The van der Waals surface area contributed by atoms with Crippen LogP contribution in [0.4, 0.5) is 0 Å². The molecule has 0 saturated carbocycles. The summed E-state index contributed by atoms with van der Waals surface area (Å²) in [6, 6.07) is 0. The lowest BCUT2D eigenvalue weighted by molar-refractivity contribution is -0.133. The van der Waals surface area contributed by atoms with Crippen LogP contribution < -0.4 is 0 Å². The lowest BCUT2D eigenvalue weighted by Crippen LogP contribution is -2.10. The molecule has 2 rings (SSSR count). The SMILES string of the molecule is CCc1nnc(SCC(=O)O)n1CCc1nccn1C. The van der Waals surface area contributed by atoms with Crippen LogP contribution in [-0.2, 0) is 31.2 Å². The molecule has 2 aromatic rings. The molecule has 0 fully saturated rings. The molecule has 0 aliphatic rings. The van der Waals surface area contributed by atoms with Crippen LogP contribution in [0.5, 0.6) is 0 Å². The third-order valence-corrected chi connectivity index (χ3v) is 3.87. The Morgan fingerprint density at radius 1 is 1.40 bits per heavy atom. The van der Waals surface area contributed by atoms with E-state index < -0.39 is 5.97 Å². The average Bonchev–Trinajstić information content (AvgIpc) is 2.99. The molecule has 0 atom stereocenters. The van der Waals surface area contributed by atoms with Crippen molar-refractivity contribution in [3.63, 3.8) is 0 Å². The van der Waals surface area contributed by atoms with E-state index in [-0.39, 0.29) is 5.75 Å². The molecule has 20 heavy (non-hydrogen) atoms. The third-order valence-electron chi connectivity index (χ3n) is 2.91. The van der Waals surface area contributed by atoms with E-state index in [0.29, 0.717) is 11.7 Å². The normalized spacial score (nSPS) is 10.9. The van der Waals surface area contributed by atoms with Crippen molar-refractivity contribution in [3.05, 3.63) is 24.0 Å². The summed E-state index contributed by atoms with van der Waals surface area (Å²) in [4.78, 5) is 14.9. The van der Waals surface area contributed by atoms with Crippen molar-refractivity contribution in [1.29, 1.82) is 0 Å². The van der Waals surface area contributed by atoms with E-state index in [2.05, 4.69) is 15.2 Å². The third kappa shape index (κ3) is 3.38. The number of imidazole rings is 1. The number of aryl methyl sites for hydroxylation is 3. The van der Waals surface area contributed by atoms with Crippen LogP contribution >= 0.6 is 11.8 Å². The van der Waals surface area contributed by atoms with Gasteiger partial charge in [-0.3, -0.25) is 4.79 Å². The quantitative estimate of drug-likeness (QED) is 0.767. The lowest BCUT2D eigenvalue weighted by atomic mass is 10.3. The molecule has 0 amide bonds. The second-order valence-electron chi connectivity index (χ2n) is 4.29. The highest BCUT2D eigenvalue weighted by Gasteiger charge is 2.13. The molecule has 0 aliphatic carbocycles. The molecular weight excluding hydrogens is 278 g/mol. The maximum absolute atomic E-state index is 10.7. The van der Waals surface area contributed by atoms with Gasteiger partial charge >= 0.3 is 5.97 Å². The maximum Gasteiger partial charge on any atom is 0.313 e. The number of carboxylic acid groups (broad SMARTS) is 1. The highest BCUT2D eigenvalue weighted by atomic mass is 32.2. The van der Waals surface area contributed by atoms with Gasteiger partial charge in [0.1, 0.15) is 11.6 Å². The Hall–Kier alpha value is -1.83. The molecule has 0 spiro atoms. The van der Waals surface area contributed by atoms with Crippen molar-refractivity contribution in [2.75, 3.05) is 5.75 Å². The smallest absolute Gasteiger partial charge is 0.313 e. The van der Waals surface area contributed by atoms with Crippen molar-refractivity contribution in [3.8, 4) is 0 Å². The first kappa shape index (κ1) is 14.6. The van der Waals surface area contributed by atoms with E-state index in [1.165, 1.54) is 11.8 Å². The Morgan fingerprint density at radius 3 is 2.80 bits per heavy atom. The van der Waals surface area contributed by atoms with Gasteiger partial charge in [0.25, 0.3) is 0 Å². The fourth-order valence-corrected chi connectivity index (χ4v) is 2.59. The number of hydrogen-bond acceptors (Lipinski definition) is 5. The molecular formula is C12H17N5O2S. The molecule has 0 aromatic carbocycles. The summed E-state index contributed by atoms with van der Waals surface area (Å²) in [6.45, 7) is 2.70. The van der Waals surface area contributed by atoms with Gasteiger partial charge in [0, 0.05) is 38.8 Å². The van der Waals surface area contributed by atoms with Crippen LogP contribution in [-0.4, -0.2) is 41.1 Å². The van der Waals surface area contributed by atoms with Crippen molar-refractivity contribution >= 4 is 17.7 Å². The van der Waals surface area contributed by atoms with Gasteiger partial charge in [-0.1, -0.05) is 18.7 Å². The summed E-state index contributed by atoms with van der Waals surface area (Å²) in [7, 11) is 1.95. The molecule has 7 nitrogen and oxygen atoms in total. The molecule has 108 valence electrons. The Balaban J connectivity index is 2.10. The average molecular weight is 295 g/mol. The van der Waals surface area contributed by atoms with Gasteiger partial charge in [0.2, 0.25) is 0 Å². The summed E-state index contributed by atoms with van der Waals surface area (Å²) in [5, 5.41) is 17.6. The van der Waals surface area contributed by atoms with Gasteiger partial charge in [0.15, 0.2) is 5.16 Å². The maximum atomic E-state index is 10.7. The van der Waals surface area contributed by atoms with Crippen LogP contribution in [0.15, 0.2) is 17.6 Å². The number of thioether (sulfide) groups is 1. The summed E-state index contributed by atoms with van der Waals surface area (Å²) in [6.07, 6.45) is 5.20. The molecule has 0 unspecified atom stereocenters. The fourth-order valence-electron chi connectivity index (χ4n) is 1.89. The number of aliphatic carboxylic acids is 1. The first-order valence-electron chi connectivity index (χ1n) is 6.34. The van der Waals surface area contributed by atoms with E-state index in [0.717, 1.165) is 24.5 Å². The molecule has 0 aliphatic heterocycles. The van der Waals surface area contributed by atoms with Crippen LogP contribution in [0.1, 0.15) is 18.6 Å². The minimum absolute atomic E-state index is 0.00967. The number of rotatable bonds is 7. The summed E-state index contributed by atoms with van der Waals surface area (Å²) in [5.74, 6) is 0.985. The van der Waals surface area contributed by atoms with Crippen molar-refractivity contribution in [2.24, 2.45) is 7.05 Å². The van der Waals surface area contributed by atoms with Crippen molar-refractivity contribution in [2.45, 2.75) is 31.5 Å². The first-order valence-corrected chi connectivity index (χ1v) is 7.33.